The Bertz CT molecular complexity index is 350. The first-order valence-corrected chi connectivity index (χ1v) is 4.78. The molecule has 1 amide bonds. The summed E-state index contributed by atoms with van der Waals surface area (Å²) in [7, 11) is 0. The van der Waals surface area contributed by atoms with E-state index in [0.717, 1.165) is 5.56 Å². The number of hydrogen-bond acceptors (Lipinski definition) is 3. The quantitative estimate of drug-likeness (QED) is 0.556. The molecule has 4 heteroatoms. The van der Waals surface area contributed by atoms with E-state index < -0.39 is 5.91 Å². The second-order valence-corrected chi connectivity index (χ2v) is 3.49. The molecule has 1 rings (SSSR count). The SMILES string of the molecule is Cc1ccc(CNOCC(N)=O)cc1C. The van der Waals surface area contributed by atoms with Crippen LogP contribution in [0.3, 0.4) is 0 Å². The van der Waals surface area contributed by atoms with E-state index in [-0.39, 0.29) is 6.61 Å². The second-order valence-electron chi connectivity index (χ2n) is 3.49. The minimum atomic E-state index is -0.484. The molecule has 0 aliphatic carbocycles. The lowest BCUT2D eigenvalue weighted by atomic mass is 10.1. The first-order valence-electron chi connectivity index (χ1n) is 4.78. The Morgan fingerprint density at radius 3 is 2.73 bits per heavy atom. The van der Waals surface area contributed by atoms with Gasteiger partial charge in [0.05, 0.1) is 0 Å². The van der Waals surface area contributed by atoms with Crippen LogP contribution in [0.4, 0.5) is 0 Å². The standard InChI is InChI=1S/C11H16N2O2/c1-8-3-4-10(5-9(8)2)6-13-15-7-11(12)14/h3-5,13H,6-7H2,1-2H3,(H2,12,14). The van der Waals surface area contributed by atoms with Gasteiger partial charge in [0.2, 0.25) is 5.91 Å². The number of nitrogens with two attached hydrogens (primary N) is 1. The Kier molecular flexibility index (Phi) is 4.27. The van der Waals surface area contributed by atoms with Crippen LogP contribution in [0.2, 0.25) is 0 Å². The van der Waals surface area contributed by atoms with Crippen LogP contribution >= 0.6 is 0 Å². The molecule has 0 aliphatic rings. The van der Waals surface area contributed by atoms with Gasteiger partial charge in [-0.2, -0.15) is 5.48 Å². The summed E-state index contributed by atoms with van der Waals surface area (Å²) in [5, 5.41) is 0. The fourth-order valence-electron chi connectivity index (χ4n) is 1.17. The largest absolute Gasteiger partial charge is 0.368 e. The third-order valence-electron chi connectivity index (χ3n) is 2.16. The highest BCUT2D eigenvalue weighted by atomic mass is 16.6. The van der Waals surface area contributed by atoms with Crippen molar-refractivity contribution in [3.8, 4) is 0 Å². The Labute approximate surface area is 89.4 Å². The molecule has 1 aromatic carbocycles. The monoisotopic (exact) mass is 208 g/mol. The van der Waals surface area contributed by atoms with E-state index in [1.54, 1.807) is 0 Å². The van der Waals surface area contributed by atoms with Crippen molar-refractivity contribution in [2.24, 2.45) is 5.73 Å². The molecule has 0 saturated carbocycles. The maximum Gasteiger partial charge on any atom is 0.245 e. The van der Waals surface area contributed by atoms with Crippen LogP contribution in [0.15, 0.2) is 18.2 Å². The molecular formula is C11H16N2O2. The molecule has 82 valence electrons. The van der Waals surface area contributed by atoms with Gasteiger partial charge in [-0.15, -0.1) is 0 Å². The van der Waals surface area contributed by atoms with Gasteiger partial charge in [-0.05, 0) is 30.5 Å². The number of nitrogens with one attached hydrogen (secondary N) is 1. The fourth-order valence-corrected chi connectivity index (χ4v) is 1.17. The van der Waals surface area contributed by atoms with E-state index >= 15 is 0 Å². The summed E-state index contributed by atoms with van der Waals surface area (Å²) in [6, 6.07) is 6.15. The molecule has 0 fully saturated rings. The van der Waals surface area contributed by atoms with Gasteiger partial charge in [0.15, 0.2) is 0 Å². The third kappa shape index (κ3) is 4.10. The maximum absolute atomic E-state index is 10.4. The van der Waals surface area contributed by atoms with Crippen LogP contribution in [0.5, 0.6) is 0 Å². The molecule has 0 saturated heterocycles. The van der Waals surface area contributed by atoms with Crippen LogP contribution in [0, 0.1) is 13.8 Å². The molecule has 0 unspecified atom stereocenters. The molecule has 0 spiro atoms. The van der Waals surface area contributed by atoms with Crippen LogP contribution in [-0.2, 0) is 16.2 Å². The zero-order valence-electron chi connectivity index (χ0n) is 9.04. The molecule has 0 bridgehead atoms. The molecular weight excluding hydrogens is 192 g/mol. The molecule has 0 atom stereocenters. The number of carbonyl (C=O) groups is 1. The zero-order chi connectivity index (χ0) is 11.3. The van der Waals surface area contributed by atoms with Crippen molar-refractivity contribution >= 4 is 5.91 Å². The van der Waals surface area contributed by atoms with Crippen molar-refractivity contribution in [1.29, 1.82) is 0 Å². The number of hydroxylamine groups is 1. The van der Waals surface area contributed by atoms with Crippen molar-refractivity contribution in [2.45, 2.75) is 20.4 Å². The van der Waals surface area contributed by atoms with Gasteiger partial charge in [0.25, 0.3) is 0 Å². The molecule has 0 radical (unpaired) electrons. The van der Waals surface area contributed by atoms with Crippen LogP contribution < -0.4 is 11.2 Å². The lowest BCUT2D eigenvalue weighted by molar-refractivity contribution is -0.125. The van der Waals surface area contributed by atoms with Gasteiger partial charge >= 0.3 is 0 Å². The van der Waals surface area contributed by atoms with Gasteiger partial charge in [-0.3, -0.25) is 9.63 Å². The average Bonchev–Trinajstić information content (AvgIpc) is 2.18. The zero-order valence-corrected chi connectivity index (χ0v) is 9.04. The van der Waals surface area contributed by atoms with Crippen molar-refractivity contribution in [3.05, 3.63) is 34.9 Å². The van der Waals surface area contributed by atoms with Gasteiger partial charge < -0.3 is 5.73 Å². The number of rotatable bonds is 5. The summed E-state index contributed by atoms with van der Waals surface area (Å²) in [5.41, 5.74) is 11.2. The van der Waals surface area contributed by atoms with E-state index in [1.165, 1.54) is 11.1 Å². The van der Waals surface area contributed by atoms with Gasteiger partial charge in [-0.25, -0.2) is 0 Å². The van der Waals surface area contributed by atoms with E-state index in [0.29, 0.717) is 6.54 Å². The second kappa shape index (κ2) is 5.48. The summed E-state index contributed by atoms with van der Waals surface area (Å²) in [4.78, 5) is 15.2. The van der Waals surface area contributed by atoms with E-state index in [9.17, 15) is 4.79 Å². The minimum absolute atomic E-state index is 0.106. The highest BCUT2D eigenvalue weighted by molar-refractivity contribution is 5.74. The summed E-state index contributed by atoms with van der Waals surface area (Å²) < 4.78 is 0. The van der Waals surface area contributed by atoms with Gasteiger partial charge in [-0.1, -0.05) is 18.2 Å². The first kappa shape index (κ1) is 11.7. The smallest absolute Gasteiger partial charge is 0.245 e. The third-order valence-corrected chi connectivity index (χ3v) is 2.16. The first-order chi connectivity index (χ1) is 7.09. The summed E-state index contributed by atoms with van der Waals surface area (Å²) in [6.45, 7) is 4.58. The van der Waals surface area contributed by atoms with Crippen molar-refractivity contribution in [1.82, 2.24) is 5.48 Å². The predicted molar refractivity (Wildman–Crippen MR) is 57.9 cm³/mol. The predicted octanol–water partition coefficient (Wildman–Crippen LogP) is 0.810. The van der Waals surface area contributed by atoms with E-state index in [1.807, 2.05) is 6.07 Å². The molecule has 0 aliphatic heterocycles. The number of carbonyl (C=O) groups excluding carboxylic acids is 1. The Balaban J connectivity index is 2.38. The number of primary amides is 1. The molecule has 15 heavy (non-hydrogen) atoms. The summed E-state index contributed by atoms with van der Waals surface area (Å²) >= 11 is 0. The minimum Gasteiger partial charge on any atom is -0.368 e. The number of benzene rings is 1. The lowest BCUT2D eigenvalue weighted by Crippen LogP contribution is -2.24. The van der Waals surface area contributed by atoms with Gasteiger partial charge in [0, 0.05) is 6.54 Å². The fraction of sp³-hybridized carbons (Fsp3) is 0.364. The Morgan fingerprint density at radius 1 is 1.40 bits per heavy atom. The molecule has 1 aromatic rings. The summed E-state index contributed by atoms with van der Waals surface area (Å²) in [6.07, 6.45) is 0. The van der Waals surface area contributed by atoms with Crippen LogP contribution in [0.1, 0.15) is 16.7 Å². The van der Waals surface area contributed by atoms with E-state index in [4.69, 9.17) is 10.6 Å². The topological polar surface area (TPSA) is 64.3 Å². The Hall–Kier alpha value is -1.39. The van der Waals surface area contributed by atoms with E-state index in [2.05, 4.69) is 31.5 Å². The summed E-state index contributed by atoms with van der Waals surface area (Å²) in [5.74, 6) is -0.484. The molecule has 0 aromatic heterocycles. The highest BCUT2D eigenvalue weighted by Gasteiger charge is 1.97. The normalized spacial score (nSPS) is 10.3. The number of aryl methyl sites for hydroxylation is 2. The maximum atomic E-state index is 10.4. The van der Waals surface area contributed by atoms with Crippen molar-refractivity contribution < 1.29 is 9.63 Å². The van der Waals surface area contributed by atoms with Crippen molar-refractivity contribution in [3.63, 3.8) is 0 Å². The molecule has 3 N–H and O–H groups in total. The Morgan fingerprint density at radius 2 is 2.13 bits per heavy atom. The van der Waals surface area contributed by atoms with Crippen molar-refractivity contribution in [2.75, 3.05) is 6.61 Å². The van der Waals surface area contributed by atoms with Gasteiger partial charge in [0.1, 0.15) is 6.61 Å². The van der Waals surface area contributed by atoms with Crippen LogP contribution in [0.25, 0.3) is 0 Å². The van der Waals surface area contributed by atoms with Crippen LogP contribution in [-0.4, -0.2) is 12.5 Å². The highest BCUT2D eigenvalue weighted by Crippen LogP contribution is 2.09. The lowest BCUT2D eigenvalue weighted by Gasteiger charge is -2.06. The average molecular weight is 208 g/mol. The molecule has 0 heterocycles. The molecule has 4 nitrogen and oxygen atoms in total. The number of amides is 1. The number of hydrogen-bond donors (Lipinski definition) is 2.